The standard InChI is InChI=1S/C14H20N2O3S/c1-4-14(17)15-10-12-6-5-7-13(8-12)20(18,19)16-9-11(2)3/h4-8,11,16H,1,9-10H2,2-3H3,(H,15,17). The van der Waals surface area contributed by atoms with Crippen molar-refractivity contribution in [3.63, 3.8) is 0 Å². The van der Waals surface area contributed by atoms with Crippen LogP contribution in [0.5, 0.6) is 0 Å². The summed E-state index contributed by atoms with van der Waals surface area (Å²) >= 11 is 0. The minimum Gasteiger partial charge on any atom is -0.348 e. The normalized spacial score (nSPS) is 11.3. The Morgan fingerprint density at radius 2 is 2.10 bits per heavy atom. The van der Waals surface area contributed by atoms with Gasteiger partial charge in [-0.25, -0.2) is 13.1 Å². The largest absolute Gasteiger partial charge is 0.348 e. The van der Waals surface area contributed by atoms with E-state index in [2.05, 4.69) is 16.6 Å². The number of hydrogen-bond donors (Lipinski definition) is 2. The summed E-state index contributed by atoms with van der Waals surface area (Å²) in [7, 11) is -3.50. The predicted molar refractivity (Wildman–Crippen MR) is 78.5 cm³/mol. The van der Waals surface area contributed by atoms with Crippen LogP contribution < -0.4 is 10.0 Å². The zero-order valence-electron chi connectivity index (χ0n) is 11.7. The average Bonchev–Trinajstić information content (AvgIpc) is 2.43. The molecule has 0 saturated heterocycles. The van der Waals surface area contributed by atoms with Gasteiger partial charge in [0.15, 0.2) is 0 Å². The number of hydrogen-bond acceptors (Lipinski definition) is 3. The van der Waals surface area contributed by atoms with E-state index in [9.17, 15) is 13.2 Å². The first-order valence-corrected chi connectivity index (χ1v) is 7.82. The summed E-state index contributed by atoms with van der Waals surface area (Å²) < 4.78 is 26.7. The van der Waals surface area contributed by atoms with E-state index in [0.29, 0.717) is 12.1 Å². The van der Waals surface area contributed by atoms with Gasteiger partial charge in [0, 0.05) is 13.1 Å². The molecule has 20 heavy (non-hydrogen) atoms. The maximum atomic E-state index is 12.1. The van der Waals surface area contributed by atoms with Crippen LogP contribution in [0.15, 0.2) is 41.8 Å². The Kier molecular flexibility index (Phi) is 5.91. The molecule has 0 aliphatic heterocycles. The summed E-state index contributed by atoms with van der Waals surface area (Å²) in [6.07, 6.45) is 1.17. The third kappa shape index (κ3) is 5.14. The first-order chi connectivity index (χ1) is 9.35. The van der Waals surface area contributed by atoms with Crippen LogP contribution in [-0.2, 0) is 21.4 Å². The van der Waals surface area contributed by atoms with E-state index in [4.69, 9.17) is 0 Å². The number of benzene rings is 1. The Balaban J connectivity index is 2.81. The zero-order chi connectivity index (χ0) is 15.2. The minimum atomic E-state index is -3.50. The topological polar surface area (TPSA) is 75.3 Å². The first kappa shape index (κ1) is 16.4. The van der Waals surface area contributed by atoms with Crippen LogP contribution in [0.4, 0.5) is 0 Å². The minimum absolute atomic E-state index is 0.198. The van der Waals surface area contributed by atoms with Crippen LogP contribution in [0.25, 0.3) is 0 Å². The van der Waals surface area contributed by atoms with Gasteiger partial charge in [-0.05, 0) is 29.7 Å². The number of sulfonamides is 1. The molecule has 1 rings (SSSR count). The molecule has 0 heterocycles. The van der Waals surface area contributed by atoms with E-state index in [0.717, 1.165) is 0 Å². The van der Waals surface area contributed by atoms with Gasteiger partial charge < -0.3 is 5.32 Å². The van der Waals surface area contributed by atoms with Crippen molar-refractivity contribution in [1.29, 1.82) is 0 Å². The van der Waals surface area contributed by atoms with Crippen LogP contribution in [0, 0.1) is 5.92 Å². The Morgan fingerprint density at radius 3 is 2.70 bits per heavy atom. The molecule has 0 aromatic heterocycles. The van der Waals surface area contributed by atoms with Crippen LogP contribution in [-0.4, -0.2) is 20.9 Å². The average molecular weight is 296 g/mol. The first-order valence-electron chi connectivity index (χ1n) is 6.34. The quantitative estimate of drug-likeness (QED) is 0.747. The number of carbonyl (C=O) groups excluding carboxylic acids is 1. The van der Waals surface area contributed by atoms with Gasteiger partial charge in [-0.2, -0.15) is 0 Å². The Labute approximate surface area is 120 Å². The highest BCUT2D eigenvalue weighted by Crippen LogP contribution is 2.11. The van der Waals surface area contributed by atoms with Crippen molar-refractivity contribution in [3.05, 3.63) is 42.5 Å². The van der Waals surface area contributed by atoms with Crippen LogP contribution in [0.2, 0.25) is 0 Å². The van der Waals surface area contributed by atoms with Crippen LogP contribution in [0.1, 0.15) is 19.4 Å². The fourth-order valence-electron chi connectivity index (χ4n) is 1.44. The molecule has 1 amide bonds. The second-order valence-corrected chi connectivity index (χ2v) is 6.58. The lowest BCUT2D eigenvalue weighted by atomic mass is 10.2. The Morgan fingerprint density at radius 1 is 1.40 bits per heavy atom. The third-order valence-electron chi connectivity index (χ3n) is 2.54. The third-order valence-corrected chi connectivity index (χ3v) is 3.96. The second kappa shape index (κ2) is 7.21. The Hall–Kier alpha value is -1.66. The van der Waals surface area contributed by atoms with Crippen molar-refractivity contribution < 1.29 is 13.2 Å². The fraction of sp³-hybridized carbons (Fsp3) is 0.357. The van der Waals surface area contributed by atoms with E-state index in [1.54, 1.807) is 18.2 Å². The van der Waals surface area contributed by atoms with Gasteiger partial charge in [-0.3, -0.25) is 4.79 Å². The maximum Gasteiger partial charge on any atom is 0.243 e. The summed E-state index contributed by atoms with van der Waals surface area (Å²) in [6.45, 7) is 7.87. The molecule has 0 unspecified atom stereocenters. The molecule has 2 N–H and O–H groups in total. The molecular formula is C14H20N2O3S. The summed E-state index contributed by atoms with van der Waals surface area (Å²) in [4.78, 5) is 11.3. The summed E-state index contributed by atoms with van der Waals surface area (Å²) in [5.41, 5.74) is 0.715. The molecule has 110 valence electrons. The zero-order valence-corrected chi connectivity index (χ0v) is 12.5. The molecule has 0 aliphatic rings. The van der Waals surface area contributed by atoms with Gasteiger partial charge in [0.25, 0.3) is 0 Å². The molecule has 0 radical (unpaired) electrons. The van der Waals surface area contributed by atoms with Crippen molar-refractivity contribution in [3.8, 4) is 0 Å². The van der Waals surface area contributed by atoms with E-state index in [1.807, 2.05) is 13.8 Å². The van der Waals surface area contributed by atoms with Gasteiger partial charge in [0.05, 0.1) is 4.90 Å². The van der Waals surface area contributed by atoms with Crippen LogP contribution in [0.3, 0.4) is 0 Å². The van der Waals surface area contributed by atoms with Crippen molar-refractivity contribution in [2.24, 2.45) is 5.92 Å². The molecule has 1 aromatic rings. The molecule has 6 heteroatoms. The lowest BCUT2D eigenvalue weighted by Gasteiger charge is -2.10. The number of rotatable bonds is 7. The summed E-state index contributed by atoms with van der Waals surface area (Å²) in [6, 6.07) is 6.48. The highest BCUT2D eigenvalue weighted by atomic mass is 32.2. The maximum absolute atomic E-state index is 12.1. The van der Waals surface area contributed by atoms with Crippen molar-refractivity contribution >= 4 is 15.9 Å². The van der Waals surface area contributed by atoms with E-state index < -0.39 is 10.0 Å². The molecule has 0 fully saturated rings. The van der Waals surface area contributed by atoms with Gasteiger partial charge >= 0.3 is 0 Å². The van der Waals surface area contributed by atoms with Crippen LogP contribution >= 0.6 is 0 Å². The molecule has 0 aliphatic carbocycles. The molecule has 0 saturated carbocycles. The number of amides is 1. The number of carbonyl (C=O) groups is 1. The highest BCUT2D eigenvalue weighted by Gasteiger charge is 2.14. The molecule has 0 spiro atoms. The van der Waals surface area contributed by atoms with Crippen molar-refractivity contribution in [2.75, 3.05) is 6.54 Å². The van der Waals surface area contributed by atoms with Crippen molar-refractivity contribution in [2.45, 2.75) is 25.3 Å². The van der Waals surface area contributed by atoms with Gasteiger partial charge in [-0.1, -0.05) is 32.6 Å². The summed E-state index contributed by atoms with van der Waals surface area (Å²) in [5, 5.41) is 2.61. The van der Waals surface area contributed by atoms with Gasteiger partial charge in [-0.15, -0.1) is 0 Å². The smallest absolute Gasteiger partial charge is 0.243 e. The van der Waals surface area contributed by atoms with Crippen molar-refractivity contribution in [1.82, 2.24) is 10.0 Å². The van der Waals surface area contributed by atoms with Gasteiger partial charge in [0.2, 0.25) is 15.9 Å². The van der Waals surface area contributed by atoms with E-state index in [-0.39, 0.29) is 23.3 Å². The summed E-state index contributed by atoms with van der Waals surface area (Å²) in [5.74, 6) is -0.0592. The molecule has 1 aromatic carbocycles. The lowest BCUT2D eigenvalue weighted by molar-refractivity contribution is -0.116. The molecule has 0 atom stereocenters. The highest BCUT2D eigenvalue weighted by molar-refractivity contribution is 7.89. The molecule has 5 nitrogen and oxygen atoms in total. The molecular weight excluding hydrogens is 276 g/mol. The second-order valence-electron chi connectivity index (χ2n) is 4.82. The number of nitrogens with one attached hydrogen (secondary N) is 2. The fourth-order valence-corrected chi connectivity index (χ4v) is 2.73. The SMILES string of the molecule is C=CC(=O)NCc1cccc(S(=O)(=O)NCC(C)C)c1. The molecule has 0 bridgehead atoms. The lowest BCUT2D eigenvalue weighted by Crippen LogP contribution is -2.27. The predicted octanol–water partition coefficient (Wildman–Crippen LogP) is 1.42. The van der Waals surface area contributed by atoms with E-state index in [1.165, 1.54) is 12.1 Å². The van der Waals surface area contributed by atoms with Gasteiger partial charge in [0.1, 0.15) is 0 Å². The van der Waals surface area contributed by atoms with E-state index >= 15 is 0 Å². The monoisotopic (exact) mass is 296 g/mol. The Bertz CT molecular complexity index is 580.